The second kappa shape index (κ2) is 7.49. The van der Waals surface area contributed by atoms with Crippen LogP contribution in [0.5, 0.6) is 0 Å². The molecule has 0 aliphatic carbocycles. The summed E-state index contributed by atoms with van der Waals surface area (Å²) in [7, 11) is 1.43. The van der Waals surface area contributed by atoms with E-state index >= 15 is 0 Å². The van der Waals surface area contributed by atoms with Crippen LogP contribution >= 0.6 is 0 Å². The Morgan fingerprint density at radius 3 is 2.50 bits per heavy atom. The van der Waals surface area contributed by atoms with Crippen LogP contribution in [0.4, 0.5) is 4.39 Å². The zero-order chi connectivity index (χ0) is 17.7. The Labute approximate surface area is 137 Å². The molecule has 1 aromatic heterocycles. The van der Waals surface area contributed by atoms with Gasteiger partial charge in [-0.1, -0.05) is 12.1 Å². The zero-order valence-corrected chi connectivity index (χ0v) is 13.0. The second-order valence-electron chi connectivity index (χ2n) is 5.32. The minimum atomic E-state index is -0.646. The van der Waals surface area contributed by atoms with Gasteiger partial charge in [-0.15, -0.1) is 0 Å². The van der Waals surface area contributed by atoms with E-state index in [1.165, 1.54) is 31.3 Å². The van der Waals surface area contributed by atoms with Gasteiger partial charge in [-0.05, 0) is 30.2 Å². The summed E-state index contributed by atoms with van der Waals surface area (Å²) < 4.78 is 13.9. The number of hydrogen-bond acceptors (Lipinski definition) is 4. The highest BCUT2D eigenvalue weighted by atomic mass is 19.1. The fourth-order valence-electron chi connectivity index (χ4n) is 2.11. The monoisotopic (exact) mass is 332 g/mol. The maximum Gasteiger partial charge on any atom is 0.271 e. The molecular weight excluding hydrogens is 315 g/mol. The van der Waals surface area contributed by atoms with E-state index in [4.69, 9.17) is 5.73 Å². The molecule has 2 amide bonds. The fourth-order valence-corrected chi connectivity index (χ4v) is 2.11. The molecule has 0 spiro atoms. The maximum atomic E-state index is 12.9. The van der Waals surface area contributed by atoms with Crippen LogP contribution in [0.1, 0.15) is 16.1 Å². The highest BCUT2D eigenvalue weighted by Gasteiger charge is 2.18. The van der Waals surface area contributed by atoms with Crippen molar-refractivity contribution in [1.82, 2.24) is 15.1 Å². The number of nitrogens with one attached hydrogen (secondary N) is 1. The van der Waals surface area contributed by atoms with Crippen LogP contribution in [0, 0.1) is 11.7 Å². The molecule has 0 bridgehead atoms. The zero-order valence-electron chi connectivity index (χ0n) is 13.0. The van der Waals surface area contributed by atoms with Gasteiger partial charge >= 0.3 is 0 Å². The van der Waals surface area contributed by atoms with Gasteiger partial charge in [0.2, 0.25) is 5.91 Å². The third-order valence-corrected chi connectivity index (χ3v) is 3.50. The number of rotatable bonds is 6. The Morgan fingerprint density at radius 1 is 1.25 bits per heavy atom. The number of nitrogens with two attached hydrogens (primary N) is 1. The molecule has 0 unspecified atom stereocenters. The van der Waals surface area contributed by atoms with Gasteiger partial charge in [0.15, 0.2) is 0 Å². The first-order valence-electron chi connectivity index (χ1n) is 7.23. The van der Waals surface area contributed by atoms with Crippen molar-refractivity contribution in [3.05, 3.63) is 63.8 Å². The first kappa shape index (κ1) is 17.3. The molecule has 0 saturated carbocycles. The number of primary amides is 1. The SMILES string of the molecule is Cn1nc(C(=O)NC[C@H](Cc2ccc(F)cc2)C(N)=O)ccc1=O. The van der Waals surface area contributed by atoms with Gasteiger partial charge in [0.1, 0.15) is 11.5 Å². The lowest BCUT2D eigenvalue weighted by Crippen LogP contribution is -2.38. The Kier molecular flexibility index (Phi) is 5.41. The Hall–Kier alpha value is -3.03. The predicted octanol–water partition coefficient (Wildman–Crippen LogP) is -0.00660. The molecule has 0 aliphatic rings. The summed E-state index contributed by atoms with van der Waals surface area (Å²) in [6.45, 7) is 0.00998. The van der Waals surface area contributed by atoms with E-state index in [-0.39, 0.29) is 30.0 Å². The van der Waals surface area contributed by atoms with Gasteiger partial charge in [0.25, 0.3) is 11.5 Å². The Balaban J connectivity index is 2.01. The number of nitrogens with zero attached hydrogens (tertiary/aromatic N) is 2. The molecule has 2 aromatic rings. The number of aryl methyl sites for hydroxylation is 1. The van der Waals surface area contributed by atoms with Crippen molar-refractivity contribution < 1.29 is 14.0 Å². The molecule has 0 radical (unpaired) electrons. The van der Waals surface area contributed by atoms with Crippen LogP contribution in [-0.4, -0.2) is 28.1 Å². The molecule has 1 aromatic carbocycles. The normalized spacial score (nSPS) is 11.8. The molecule has 1 atom stereocenters. The highest BCUT2D eigenvalue weighted by molar-refractivity contribution is 5.92. The fraction of sp³-hybridized carbons (Fsp3) is 0.250. The summed E-state index contributed by atoms with van der Waals surface area (Å²) in [4.78, 5) is 34.9. The maximum absolute atomic E-state index is 12.9. The highest BCUT2D eigenvalue weighted by Crippen LogP contribution is 2.09. The van der Waals surface area contributed by atoms with Gasteiger partial charge in [0, 0.05) is 19.7 Å². The van der Waals surface area contributed by atoms with Crippen molar-refractivity contribution >= 4 is 11.8 Å². The first-order valence-corrected chi connectivity index (χ1v) is 7.23. The molecule has 126 valence electrons. The van der Waals surface area contributed by atoms with Crippen LogP contribution in [0.2, 0.25) is 0 Å². The molecular formula is C16H17FN4O3. The molecule has 8 heteroatoms. The third-order valence-electron chi connectivity index (χ3n) is 3.50. The summed E-state index contributed by atoms with van der Waals surface area (Å²) in [5.41, 5.74) is 5.81. The van der Waals surface area contributed by atoms with Crippen molar-refractivity contribution in [2.24, 2.45) is 18.7 Å². The van der Waals surface area contributed by atoms with Crippen molar-refractivity contribution in [2.75, 3.05) is 6.54 Å². The van der Waals surface area contributed by atoms with Crippen molar-refractivity contribution in [3.8, 4) is 0 Å². The number of halogens is 1. The third kappa shape index (κ3) is 4.48. The van der Waals surface area contributed by atoms with Crippen molar-refractivity contribution in [3.63, 3.8) is 0 Å². The van der Waals surface area contributed by atoms with E-state index in [9.17, 15) is 18.8 Å². The molecule has 0 saturated heterocycles. The lowest BCUT2D eigenvalue weighted by Gasteiger charge is -2.14. The molecule has 7 nitrogen and oxygen atoms in total. The molecule has 0 aliphatic heterocycles. The Bertz CT molecular complexity index is 802. The molecule has 1 heterocycles. The predicted molar refractivity (Wildman–Crippen MR) is 84.6 cm³/mol. The summed E-state index contributed by atoms with van der Waals surface area (Å²) in [5, 5.41) is 6.39. The number of carbonyl (C=O) groups excluding carboxylic acids is 2. The summed E-state index contributed by atoms with van der Waals surface area (Å²) >= 11 is 0. The van der Waals surface area contributed by atoms with E-state index in [0.717, 1.165) is 10.2 Å². The van der Waals surface area contributed by atoms with Crippen molar-refractivity contribution in [2.45, 2.75) is 6.42 Å². The molecule has 0 fully saturated rings. The number of aromatic nitrogens is 2. The van der Waals surface area contributed by atoms with Crippen LogP contribution in [-0.2, 0) is 18.3 Å². The van der Waals surface area contributed by atoms with Gasteiger partial charge in [-0.2, -0.15) is 5.10 Å². The van der Waals surface area contributed by atoms with E-state index < -0.39 is 17.7 Å². The number of hydrogen-bond donors (Lipinski definition) is 2. The van der Waals surface area contributed by atoms with E-state index in [0.29, 0.717) is 0 Å². The smallest absolute Gasteiger partial charge is 0.271 e. The first-order chi connectivity index (χ1) is 11.4. The standard InChI is InChI=1S/C16H17FN4O3/c1-21-14(22)7-6-13(20-21)16(24)19-9-11(15(18)23)8-10-2-4-12(17)5-3-10/h2-7,11H,8-9H2,1H3,(H2,18,23)(H,19,24)/t11-/m0/s1. The molecule has 2 rings (SSSR count). The quantitative estimate of drug-likeness (QED) is 0.776. The Morgan fingerprint density at radius 2 is 1.92 bits per heavy atom. The largest absolute Gasteiger partial charge is 0.369 e. The minimum Gasteiger partial charge on any atom is -0.369 e. The van der Waals surface area contributed by atoms with Crippen LogP contribution in [0.3, 0.4) is 0 Å². The summed E-state index contributed by atoms with van der Waals surface area (Å²) in [6.07, 6.45) is 0.274. The van der Waals surface area contributed by atoms with Gasteiger partial charge < -0.3 is 11.1 Å². The lowest BCUT2D eigenvalue weighted by molar-refractivity contribution is -0.121. The van der Waals surface area contributed by atoms with Crippen LogP contribution in [0.15, 0.2) is 41.2 Å². The van der Waals surface area contributed by atoms with Crippen LogP contribution in [0.25, 0.3) is 0 Å². The number of amides is 2. The summed E-state index contributed by atoms with van der Waals surface area (Å²) in [6, 6.07) is 8.23. The minimum absolute atomic E-state index is 0.00998. The summed E-state index contributed by atoms with van der Waals surface area (Å²) in [5.74, 6) is -2.11. The van der Waals surface area contributed by atoms with Crippen molar-refractivity contribution in [1.29, 1.82) is 0 Å². The molecule has 24 heavy (non-hydrogen) atoms. The lowest BCUT2D eigenvalue weighted by atomic mass is 9.98. The topological polar surface area (TPSA) is 107 Å². The molecule has 3 N–H and O–H groups in total. The van der Waals surface area contributed by atoms with Crippen LogP contribution < -0.4 is 16.6 Å². The van der Waals surface area contributed by atoms with Gasteiger partial charge in [0.05, 0.1) is 5.92 Å². The van der Waals surface area contributed by atoms with E-state index in [1.807, 2.05) is 0 Å². The van der Waals surface area contributed by atoms with E-state index in [1.54, 1.807) is 12.1 Å². The number of carbonyl (C=O) groups is 2. The number of benzene rings is 1. The second-order valence-corrected chi connectivity index (χ2v) is 5.32. The average molecular weight is 332 g/mol. The van der Waals surface area contributed by atoms with Gasteiger partial charge in [-0.3, -0.25) is 14.4 Å². The average Bonchev–Trinajstić information content (AvgIpc) is 2.55. The van der Waals surface area contributed by atoms with E-state index in [2.05, 4.69) is 10.4 Å². The van der Waals surface area contributed by atoms with Gasteiger partial charge in [-0.25, -0.2) is 9.07 Å².